The highest BCUT2D eigenvalue weighted by Crippen LogP contribution is 2.25. The van der Waals surface area contributed by atoms with Crippen molar-refractivity contribution in [2.45, 2.75) is 39.4 Å². The Bertz CT molecular complexity index is 291. The average molecular weight is 205 g/mol. The van der Waals surface area contributed by atoms with Crippen LogP contribution in [-0.2, 0) is 16.8 Å². The molecule has 0 bridgehead atoms. The smallest absolute Gasteiger partial charge is 0.345 e. The van der Waals surface area contributed by atoms with Gasteiger partial charge in [0.1, 0.15) is 12.0 Å². The number of nitrogens with zero attached hydrogens (tertiary/aromatic N) is 1. The maximum atomic E-state index is 11.8. The number of hydrogen-bond donors (Lipinski definition) is 0. The lowest BCUT2D eigenvalue weighted by atomic mass is 9.87. The average Bonchev–Trinajstić information content (AvgIpc) is 2.46. The molecule has 1 heterocycles. The van der Waals surface area contributed by atoms with Crippen LogP contribution in [0.25, 0.3) is 0 Å². The molecule has 3 nitrogen and oxygen atoms in total. The second-order valence-electron chi connectivity index (χ2n) is 4.00. The van der Waals surface area contributed by atoms with E-state index >= 15 is 0 Å². The van der Waals surface area contributed by atoms with Crippen LogP contribution < -0.4 is 0 Å². The van der Waals surface area contributed by atoms with E-state index < -0.39 is 6.61 Å². The van der Waals surface area contributed by atoms with Crippen LogP contribution in [0.15, 0.2) is 10.8 Å². The highest BCUT2D eigenvalue weighted by Gasteiger charge is 2.22. The molecule has 0 spiro atoms. The summed E-state index contributed by atoms with van der Waals surface area (Å²) in [5, 5.41) is 3.62. The maximum absolute atomic E-state index is 11.8. The lowest BCUT2D eigenvalue weighted by Gasteiger charge is -2.16. The Morgan fingerprint density at radius 2 is 2.14 bits per heavy atom. The molecular weight excluding hydrogens is 192 g/mol. The minimum Gasteiger partial charge on any atom is -0.364 e. The lowest BCUT2D eigenvalue weighted by Crippen LogP contribution is -2.14. The SMILES string of the molecule is CC(C)(C)c1conc1COC(F)F. The molecule has 0 saturated carbocycles. The van der Waals surface area contributed by atoms with E-state index in [1.54, 1.807) is 0 Å². The van der Waals surface area contributed by atoms with E-state index in [4.69, 9.17) is 4.52 Å². The van der Waals surface area contributed by atoms with Crippen molar-refractivity contribution in [3.63, 3.8) is 0 Å². The molecule has 0 aliphatic carbocycles. The third-order valence-electron chi connectivity index (χ3n) is 1.80. The summed E-state index contributed by atoms with van der Waals surface area (Å²) in [4.78, 5) is 0. The van der Waals surface area contributed by atoms with E-state index in [2.05, 4.69) is 9.89 Å². The molecule has 0 aliphatic rings. The minimum absolute atomic E-state index is 0.180. The van der Waals surface area contributed by atoms with Gasteiger partial charge in [0.05, 0.1) is 6.61 Å². The van der Waals surface area contributed by atoms with Crippen molar-refractivity contribution in [2.75, 3.05) is 0 Å². The number of alkyl halides is 2. The first kappa shape index (κ1) is 11.1. The van der Waals surface area contributed by atoms with E-state index in [0.29, 0.717) is 5.69 Å². The molecule has 1 rings (SSSR count). The molecule has 5 heteroatoms. The van der Waals surface area contributed by atoms with Gasteiger partial charge in [0.2, 0.25) is 0 Å². The molecule has 0 saturated heterocycles. The Morgan fingerprint density at radius 3 is 2.64 bits per heavy atom. The van der Waals surface area contributed by atoms with Crippen molar-refractivity contribution in [3.05, 3.63) is 17.5 Å². The molecule has 80 valence electrons. The summed E-state index contributed by atoms with van der Waals surface area (Å²) < 4.78 is 32.4. The molecular formula is C9H13F2NO2. The second kappa shape index (κ2) is 4.04. The van der Waals surface area contributed by atoms with E-state index in [0.717, 1.165) is 5.56 Å². The third kappa shape index (κ3) is 2.77. The Labute approximate surface area is 81.0 Å². The largest absolute Gasteiger partial charge is 0.364 e. The predicted octanol–water partition coefficient (Wildman–Crippen LogP) is 2.71. The van der Waals surface area contributed by atoms with Gasteiger partial charge in [-0.25, -0.2) is 0 Å². The molecule has 0 aromatic carbocycles. The fourth-order valence-electron chi connectivity index (χ4n) is 1.12. The Balaban J connectivity index is 2.73. The number of halogens is 2. The zero-order chi connectivity index (χ0) is 10.8. The number of ether oxygens (including phenoxy) is 1. The van der Waals surface area contributed by atoms with Crippen LogP contribution in [0.3, 0.4) is 0 Å². The molecule has 0 fully saturated rings. The Hall–Kier alpha value is -0.970. The molecule has 0 N–H and O–H groups in total. The van der Waals surface area contributed by atoms with Crippen LogP contribution >= 0.6 is 0 Å². The monoisotopic (exact) mass is 205 g/mol. The molecule has 1 aromatic heterocycles. The Kier molecular flexibility index (Phi) is 3.21. The first-order valence-electron chi connectivity index (χ1n) is 4.24. The topological polar surface area (TPSA) is 35.3 Å². The van der Waals surface area contributed by atoms with Gasteiger partial charge in [-0.3, -0.25) is 0 Å². The van der Waals surface area contributed by atoms with Crippen molar-refractivity contribution in [1.82, 2.24) is 5.16 Å². The van der Waals surface area contributed by atoms with Crippen LogP contribution in [0, 0.1) is 0 Å². The van der Waals surface area contributed by atoms with Crippen molar-refractivity contribution >= 4 is 0 Å². The number of rotatable bonds is 3. The van der Waals surface area contributed by atoms with E-state index in [1.807, 2.05) is 20.8 Å². The van der Waals surface area contributed by atoms with Gasteiger partial charge >= 0.3 is 6.61 Å². The first-order valence-corrected chi connectivity index (χ1v) is 4.24. The minimum atomic E-state index is -2.78. The standard InChI is InChI=1S/C9H13F2NO2/c1-9(2,3)6-4-14-12-7(6)5-13-8(10)11/h4,8H,5H2,1-3H3. The van der Waals surface area contributed by atoms with Crippen LogP contribution in [-0.4, -0.2) is 11.8 Å². The van der Waals surface area contributed by atoms with Crippen LogP contribution in [0.4, 0.5) is 8.78 Å². The van der Waals surface area contributed by atoms with Crippen LogP contribution in [0.5, 0.6) is 0 Å². The van der Waals surface area contributed by atoms with Crippen molar-refractivity contribution in [1.29, 1.82) is 0 Å². The summed E-state index contributed by atoms with van der Waals surface area (Å²) in [7, 11) is 0. The van der Waals surface area contributed by atoms with Gasteiger partial charge in [0.25, 0.3) is 0 Å². The molecule has 0 atom stereocenters. The summed E-state index contributed by atoms with van der Waals surface area (Å²) in [5.74, 6) is 0. The highest BCUT2D eigenvalue weighted by atomic mass is 19.3. The van der Waals surface area contributed by atoms with Crippen LogP contribution in [0.1, 0.15) is 32.0 Å². The summed E-state index contributed by atoms with van der Waals surface area (Å²) in [6.07, 6.45) is 1.46. The van der Waals surface area contributed by atoms with E-state index in [-0.39, 0.29) is 12.0 Å². The van der Waals surface area contributed by atoms with Gasteiger partial charge in [-0.15, -0.1) is 0 Å². The Morgan fingerprint density at radius 1 is 1.50 bits per heavy atom. The molecule has 14 heavy (non-hydrogen) atoms. The van der Waals surface area contributed by atoms with Crippen molar-refractivity contribution in [3.8, 4) is 0 Å². The normalized spacial score (nSPS) is 12.4. The van der Waals surface area contributed by atoms with Gasteiger partial charge < -0.3 is 9.26 Å². The van der Waals surface area contributed by atoms with Crippen molar-refractivity contribution < 1.29 is 18.0 Å². The fraction of sp³-hybridized carbons (Fsp3) is 0.667. The summed E-state index contributed by atoms with van der Waals surface area (Å²) in [5.41, 5.74) is 1.04. The maximum Gasteiger partial charge on any atom is 0.345 e. The summed E-state index contributed by atoms with van der Waals surface area (Å²) in [6.45, 7) is 2.85. The van der Waals surface area contributed by atoms with Gasteiger partial charge in [-0.05, 0) is 5.41 Å². The molecule has 0 aliphatic heterocycles. The number of hydrogen-bond acceptors (Lipinski definition) is 3. The first-order chi connectivity index (χ1) is 6.41. The highest BCUT2D eigenvalue weighted by molar-refractivity contribution is 5.22. The third-order valence-corrected chi connectivity index (χ3v) is 1.80. The van der Waals surface area contributed by atoms with E-state index in [1.165, 1.54) is 6.26 Å². The predicted molar refractivity (Wildman–Crippen MR) is 46.0 cm³/mol. The van der Waals surface area contributed by atoms with Gasteiger partial charge in [0.15, 0.2) is 0 Å². The lowest BCUT2D eigenvalue weighted by molar-refractivity contribution is -0.138. The fourth-order valence-corrected chi connectivity index (χ4v) is 1.12. The zero-order valence-electron chi connectivity index (χ0n) is 8.38. The van der Waals surface area contributed by atoms with Gasteiger partial charge in [-0.2, -0.15) is 8.78 Å². The zero-order valence-corrected chi connectivity index (χ0v) is 8.38. The van der Waals surface area contributed by atoms with E-state index in [9.17, 15) is 8.78 Å². The molecule has 1 aromatic rings. The summed E-state index contributed by atoms with van der Waals surface area (Å²) in [6, 6.07) is 0. The van der Waals surface area contributed by atoms with Crippen LogP contribution in [0.2, 0.25) is 0 Å². The van der Waals surface area contributed by atoms with Gasteiger partial charge in [-0.1, -0.05) is 25.9 Å². The second-order valence-corrected chi connectivity index (χ2v) is 4.00. The molecule has 0 unspecified atom stereocenters. The molecule has 0 amide bonds. The van der Waals surface area contributed by atoms with Crippen molar-refractivity contribution in [2.24, 2.45) is 0 Å². The molecule has 0 radical (unpaired) electrons. The number of aromatic nitrogens is 1. The summed E-state index contributed by atoms with van der Waals surface area (Å²) >= 11 is 0. The van der Waals surface area contributed by atoms with Gasteiger partial charge in [0, 0.05) is 5.56 Å². The quantitative estimate of drug-likeness (QED) is 0.761.